The van der Waals surface area contributed by atoms with Gasteiger partial charge in [0.15, 0.2) is 0 Å². The summed E-state index contributed by atoms with van der Waals surface area (Å²) in [4.78, 5) is 0. The monoisotopic (exact) mass is 466 g/mol. The number of hydrogen-bond acceptors (Lipinski definition) is 3. The third kappa shape index (κ3) is 10.4. The van der Waals surface area contributed by atoms with Crippen molar-refractivity contribution in [3.05, 3.63) is 22.3 Å². The maximum atomic E-state index is 12.0. The molecule has 0 N–H and O–H groups in total. The van der Waals surface area contributed by atoms with Gasteiger partial charge in [0.2, 0.25) is 0 Å². The molecule has 0 aliphatic carbocycles. The van der Waals surface area contributed by atoms with Gasteiger partial charge in [-0.15, -0.1) is 0 Å². The van der Waals surface area contributed by atoms with Crippen LogP contribution in [-0.4, -0.2) is 38.8 Å². The molecule has 0 fully saturated rings. The third-order valence-electron chi connectivity index (χ3n) is 4.67. The molecule has 142 valence electrons. The summed E-state index contributed by atoms with van der Waals surface area (Å²) in [6, 6.07) is 0. The van der Waals surface area contributed by atoms with Crippen molar-refractivity contribution in [3.8, 4) is 0 Å². The average Bonchev–Trinajstić information content (AvgIpc) is 2.62. The van der Waals surface area contributed by atoms with Crippen molar-refractivity contribution in [2.24, 2.45) is 0 Å². The van der Waals surface area contributed by atoms with Crippen molar-refractivity contribution in [2.75, 3.05) is 20.4 Å². The van der Waals surface area contributed by atoms with Crippen LogP contribution in [0.2, 0.25) is 13.3 Å². The first-order chi connectivity index (χ1) is 11.5. The van der Waals surface area contributed by atoms with Crippen LogP contribution in [0.5, 0.6) is 0 Å². The summed E-state index contributed by atoms with van der Waals surface area (Å²) in [7, 11) is -0.0380. The molecule has 0 amide bonds. The quantitative estimate of drug-likeness (QED) is 0.149. The van der Waals surface area contributed by atoms with E-state index in [9.17, 15) is 4.57 Å². The van der Waals surface area contributed by atoms with Crippen molar-refractivity contribution >= 4 is 26.0 Å². The molecular formula is C19H39O3PSn. The second-order valence-electron chi connectivity index (χ2n) is 6.62. The van der Waals surface area contributed by atoms with Gasteiger partial charge in [0, 0.05) is 0 Å². The second kappa shape index (κ2) is 14.6. The third-order valence-corrected chi connectivity index (χ3v) is 20.6. The van der Waals surface area contributed by atoms with Gasteiger partial charge in [0.05, 0.1) is 0 Å². The van der Waals surface area contributed by atoms with E-state index in [1.165, 1.54) is 66.1 Å². The van der Waals surface area contributed by atoms with Gasteiger partial charge >= 0.3 is 155 Å². The van der Waals surface area contributed by atoms with E-state index in [4.69, 9.17) is 9.05 Å². The summed E-state index contributed by atoms with van der Waals surface area (Å²) in [5.41, 5.74) is 0. The van der Waals surface area contributed by atoms with Gasteiger partial charge in [-0.25, -0.2) is 0 Å². The van der Waals surface area contributed by atoms with Crippen LogP contribution in [0, 0.1) is 0 Å². The first kappa shape index (κ1) is 24.4. The Bertz CT molecular complexity index is 378. The summed E-state index contributed by atoms with van der Waals surface area (Å²) in [6.45, 7) is 6.90. The molecule has 0 aromatic heterocycles. The molecule has 0 bridgehead atoms. The Morgan fingerprint density at radius 2 is 1.29 bits per heavy atom. The van der Waals surface area contributed by atoms with Gasteiger partial charge in [-0.1, -0.05) is 0 Å². The van der Waals surface area contributed by atoms with Crippen LogP contribution in [0.25, 0.3) is 0 Å². The molecule has 0 aliphatic heterocycles. The molecule has 0 unspecified atom stereocenters. The van der Waals surface area contributed by atoms with Crippen LogP contribution in [0.15, 0.2) is 22.3 Å². The predicted octanol–water partition coefficient (Wildman–Crippen LogP) is 6.97. The van der Waals surface area contributed by atoms with Gasteiger partial charge in [0.1, 0.15) is 0 Å². The molecule has 0 atom stereocenters. The molecule has 24 heavy (non-hydrogen) atoms. The van der Waals surface area contributed by atoms with Crippen molar-refractivity contribution < 1.29 is 13.6 Å². The van der Waals surface area contributed by atoms with Crippen molar-refractivity contribution in [3.63, 3.8) is 0 Å². The molecule has 0 spiro atoms. The van der Waals surface area contributed by atoms with Crippen LogP contribution in [0.3, 0.4) is 0 Å². The Morgan fingerprint density at radius 3 is 1.67 bits per heavy atom. The van der Waals surface area contributed by atoms with Gasteiger partial charge in [-0.2, -0.15) is 0 Å². The summed E-state index contributed by atoms with van der Waals surface area (Å²) in [6.07, 6.45) is 14.5. The number of rotatable bonds is 15. The molecule has 0 radical (unpaired) electrons. The Balaban J connectivity index is 4.94. The van der Waals surface area contributed by atoms with E-state index in [2.05, 4.69) is 30.9 Å². The van der Waals surface area contributed by atoms with Crippen molar-refractivity contribution in [1.29, 1.82) is 0 Å². The second-order valence-corrected chi connectivity index (χ2v) is 21.9. The van der Waals surface area contributed by atoms with E-state index >= 15 is 0 Å². The molecule has 0 saturated carbocycles. The van der Waals surface area contributed by atoms with Crippen LogP contribution in [0.4, 0.5) is 0 Å². The first-order valence-electron chi connectivity index (χ1n) is 9.56. The Hall–Kier alpha value is 0.429. The minimum absolute atomic E-state index is 0.339. The molecule has 0 aromatic carbocycles. The van der Waals surface area contributed by atoms with E-state index in [0.29, 0.717) is 6.16 Å². The normalized spacial score (nSPS) is 13.4. The van der Waals surface area contributed by atoms with Gasteiger partial charge in [-0.3, -0.25) is 0 Å². The van der Waals surface area contributed by atoms with Gasteiger partial charge in [-0.05, 0) is 0 Å². The molecule has 0 rings (SSSR count). The molecule has 5 heteroatoms. The van der Waals surface area contributed by atoms with Crippen molar-refractivity contribution in [2.45, 2.75) is 72.6 Å². The Labute approximate surface area is 154 Å². The fourth-order valence-electron chi connectivity index (χ4n) is 2.96. The molecule has 0 aliphatic rings. The number of hydrogen-bond donors (Lipinski definition) is 0. The van der Waals surface area contributed by atoms with Gasteiger partial charge < -0.3 is 0 Å². The zero-order valence-corrected chi connectivity index (χ0v) is 20.3. The molecule has 0 heterocycles. The van der Waals surface area contributed by atoms with E-state index in [1.807, 2.05) is 12.2 Å². The first-order valence-corrected chi connectivity index (χ1v) is 19.0. The SMILES string of the molecule is CCC[CH2][Sn](/[CH]=C/C=C/CP(=O)(OC)OC)([CH2]CCC)[CH2]CCC. The van der Waals surface area contributed by atoms with E-state index in [0.717, 1.165) is 0 Å². The zero-order chi connectivity index (χ0) is 18.3. The molecule has 3 nitrogen and oxygen atoms in total. The van der Waals surface area contributed by atoms with Crippen molar-refractivity contribution in [1.82, 2.24) is 0 Å². The predicted molar refractivity (Wildman–Crippen MR) is 110 cm³/mol. The number of unbranched alkanes of at least 4 members (excludes halogenated alkanes) is 3. The summed E-state index contributed by atoms with van der Waals surface area (Å²) >= 11 is -2.18. The summed E-state index contributed by atoms with van der Waals surface area (Å²) in [5.74, 6) is 0. The minimum atomic E-state index is -2.92. The molecular weight excluding hydrogens is 426 g/mol. The fraction of sp³-hybridized carbons (Fsp3) is 0.789. The Kier molecular flexibility index (Phi) is 14.8. The fourth-order valence-corrected chi connectivity index (χ4v) is 17.9. The number of allylic oxidation sites excluding steroid dienone is 3. The summed E-state index contributed by atoms with van der Waals surface area (Å²) in [5, 5.41) is 0. The van der Waals surface area contributed by atoms with Crippen LogP contribution < -0.4 is 0 Å². The topological polar surface area (TPSA) is 35.5 Å². The van der Waals surface area contributed by atoms with E-state index in [1.54, 1.807) is 0 Å². The van der Waals surface area contributed by atoms with Crippen LogP contribution >= 0.6 is 7.60 Å². The summed E-state index contributed by atoms with van der Waals surface area (Å²) < 4.78 is 29.0. The molecule has 0 saturated heterocycles. The van der Waals surface area contributed by atoms with E-state index in [-0.39, 0.29) is 0 Å². The standard InChI is InChI=1S/C7H12O3P.3C4H9.Sn/c1-4-5-6-7-11(8,9-2)10-3;3*1-3-4-2;/h1,4-6H,7H2,2-3H3;3*1,3-4H2,2H3;/b4-1?,6-5+;;;;. The van der Waals surface area contributed by atoms with Gasteiger partial charge in [0.25, 0.3) is 0 Å². The Morgan fingerprint density at radius 1 is 0.833 bits per heavy atom. The zero-order valence-electron chi connectivity index (χ0n) is 16.6. The van der Waals surface area contributed by atoms with Crippen LogP contribution in [0.1, 0.15) is 59.3 Å². The maximum absolute atomic E-state index is 12.0. The van der Waals surface area contributed by atoms with Crippen LogP contribution in [-0.2, 0) is 13.6 Å². The van der Waals surface area contributed by atoms with E-state index < -0.39 is 26.0 Å². The average molecular weight is 465 g/mol. The molecule has 0 aromatic rings.